The van der Waals surface area contributed by atoms with E-state index in [0.29, 0.717) is 11.8 Å². The van der Waals surface area contributed by atoms with E-state index in [1.165, 1.54) is 12.0 Å². The lowest BCUT2D eigenvalue weighted by atomic mass is 9.73. The van der Waals surface area contributed by atoms with E-state index >= 15 is 0 Å². The minimum absolute atomic E-state index is 0.120. The second-order valence-electron chi connectivity index (χ2n) is 6.46. The lowest BCUT2D eigenvalue weighted by Gasteiger charge is -2.35. The highest BCUT2D eigenvalue weighted by Crippen LogP contribution is 2.33. The Morgan fingerprint density at radius 2 is 1.95 bits per heavy atom. The Morgan fingerprint density at radius 3 is 2.47 bits per heavy atom. The molecule has 2 nitrogen and oxygen atoms in total. The molecule has 1 fully saturated rings. The smallest absolute Gasteiger partial charge is 0.182 e. The largest absolute Gasteiger partial charge is 0.319 e. The third-order valence-electron chi connectivity index (χ3n) is 4.32. The van der Waals surface area contributed by atoms with Gasteiger partial charge in [-0.25, -0.2) is 0 Å². The maximum Gasteiger partial charge on any atom is 0.182 e. The fraction of sp³-hybridized carbons (Fsp3) is 0.588. The van der Waals surface area contributed by atoms with Gasteiger partial charge in [0.15, 0.2) is 5.78 Å². The van der Waals surface area contributed by atoms with Crippen molar-refractivity contribution in [1.29, 1.82) is 0 Å². The van der Waals surface area contributed by atoms with E-state index in [9.17, 15) is 4.79 Å². The van der Waals surface area contributed by atoms with Gasteiger partial charge in [0.1, 0.15) is 0 Å². The van der Waals surface area contributed by atoms with Gasteiger partial charge in [0.05, 0.1) is 5.54 Å². The molecule has 1 aliphatic carbocycles. The summed E-state index contributed by atoms with van der Waals surface area (Å²) in [5.41, 5.74) is 7.76. The molecule has 2 heteroatoms. The molecule has 104 valence electrons. The van der Waals surface area contributed by atoms with Gasteiger partial charge in [-0.05, 0) is 30.2 Å². The van der Waals surface area contributed by atoms with Crippen molar-refractivity contribution in [2.45, 2.75) is 57.9 Å². The van der Waals surface area contributed by atoms with E-state index in [2.05, 4.69) is 20.8 Å². The van der Waals surface area contributed by atoms with Crippen LogP contribution < -0.4 is 5.73 Å². The molecular formula is C17H25NO. The fourth-order valence-corrected chi connectivity index (χ4v) is 3.10. The monoisotopic (exact) mass is 259 g/mol. The van der Waals surface area contributed by atoms with Crippen LogP contribution in [0.2, 0.25) is 0 Å². The van der Waals surface area contributed by atoms with Gasteiger partial charge < -0.3 is 5.73 Å². The molecule has 2 atom stereocenters. The summed E-state index contributed by atoms with van der Waals surface area (Å²) in [6, 6.07) is 7.97. The molecular weight excluding hydrogens is 234 g/mol. The summed E-state index contributed by atoms with van der Waals surface area (Å²) < 4.78 is 0. The van der Waals surface area contributed by atoms with E-state index in [0.717, 1.165) is 24.8 Å². The number of carbonyl (C=O) groups excluding carboxylic acids is 1. The molecule has 1 aromatic carbocycles. The zero-order chi connectivity index (χ0) is 14.0. The molecule has 0 heterocycles. The molecule has 0 radical (unpaired) electrons. The van der Waals surface area contributed by atoms with Crippen LogP contribution in [0.1, 0.15) is 68.3 Å². The Morgan fingerprint density at radius 1 is 1.32 bits per heavy atom. The number of Topliss-reactive ketones (excluding diaryl/α,β-unsaturated/α-hetero) is 1. The van der Waals surface area contributed by atoms with Crippen LogP contribution >= 0.6 is 0 Å². The van der Waals surface area contributed by atoms with Crippen molar-refractivity contribution in [3.63, 3.8) is 0 Å². The first-order valence-electron chi connectivity index (χ1n) is 7.36. The normalized spacial score (nSPS) is 27.5. The minimum atomic E-state index is -0.642. The van der Waals surface area contributed by atoms with E-state index in [1.54, 1.807) is 0 Å². The van der Waals surface area contributed by atoms with Crippen LogP contribution in [0.15, 0.2) is 24.3 Å². The maximum atomic E-state index is 12.6. The molecule has 19 heavy (non-hydrogen) atoms. The number of hydrogen-bond acceptors (Lipinski definition) is 2. The van der Waals surface area contributed by atoms with Crippen molar-refractivity contribution in [2.24, 2.45) is 11.7 Å². The molecule has 0 aromatic heterocycles. The van der Waals surface area contributed by atoms with Crippen LogP contribution in [-0.2, 0) is 0 Å². The quantitative estimate of drug-likeness (QED) is 0.837. The van der Waals surface area contributed by atoms with E-state index in [-0.39, 0.29) is 5.78 Å². The topological polar surface area (TPSA) is 43.1 Å². The number of carbonyl (C=O) groups is 1. The Labute approximate surface area is 116 Å². The summed E-state index contributed by atoms with van der Waals surface area (Å²) >= 11 is 0. The number of nitrogens with two attached hydrogens (primary N) is 1. The third kappa shape index (κ3) is 3.06. The van der Waals surface area contributed by atoms with Gasteiger partial charge >= 0.3 is 0 Å². The van der Waals surface area contributed by atoms with Crippen molar-refractivity contribution in [3.8, 4) is 0 Å². The maximum absolute atomic E-state index is 12.6. The first-order valence-corrected chi connectivity index (χ1v) is 7.36. The van der Waals surface area contributed by atoms with Crippen LogP contribution in [0, 0.1) is 5.92 Å². The highest BCUT2D eigenvalue weighted by atomic mass is 16.1. The van der Waals surface area contributed by atoms with Crippen LogP contribution in [0.5, 0.6) is 0 Å². The lowest BCUT2D eigenvalue weighted by Crippen LogP contribution is -2.51. The van der Waals surface area contributed by atoms with Gasteiger partial charge in [0, 0.05) is 5.56 Å². The zero-order valence-corrected chi connectivity index (χ0v) is 12.3. The van der Waals surface area contributed by atoms with E-state index < -0.39 is 5.54 Å². The average Bonchev–Trinajstić information content (AvgIpc) is 2.37. The van der Waals surface area contributed by atoms with Gasteiger partial charge in [-0.2, -0.15) is 0 Å². The molecule has 0 bridgehead atoms. The van der Waals surface area contributed by atoms with Crippen molar-refractivity contribution in [2.75, 3.05) is 0 Å². The molecule has 0 amide bonds. The molecule has 2 rings (SSSR count). The summed E-state index contributed by atoms with van der Waals surface area (Å²) in [5.74, 6) is 1.16. The van der Waals surface area contributed by atoms with Crippen LogP contribution in [0.3, 0.4) is 0 Å². The molecule has 0 saturated heterocycles. The minimum Gasteiger partial charge on any atom is -0.319 e. The van der Waals surface area contributed by atoms with E-state index in [1.807, 2.05) is 24.3 Å². The van der Waals surface area contributed by atoms with Gasteiger partial charge in [-0.15, -0.1) is 0 Å². The van der Waals surface area contributed by atoms with Crippen LogP contribution in [0.25, 0.3) is 0 Å². The third-order valence-corrected chi connectivity index (χ3v) is 4.32. The lowest BCUT2D eigenvalue weighted by molar-refractivity contribution is 0.0819. The van der Waals surface area contributed by atoms with Crippen molar-refractivity contribution >= 4 is 5.78 Å². The summed E-state index contributed by atoms with van der Waals surface area (Å²) in [5, 5.41) is 0. The second kappa shape index (κ2) is 5.46. The number of rotatable bonds is 3. The molecule has 2 unspecified atom stereocenters. The number of benzene rings is 1. The first-order chi connectivity index (χ1) is 8.92. The molecule has 1 aliphatic rings. The predicted molar refractivity (Wildman–Crippen MR) is 79.4 cm³/mol. The van der Waals surface area contributed by atoms with Crippen LogP contribution in [-0.4, -0.2) is 11.3 Å². The summed E-state index contributed by atoms with van der Waals surface area (Å²) in [7, 11) is 0. The standard InChI is InChI=1S/C17H25NO/c1-12(2)14-6-8-15(9-7-14)16(19)17(18)10-4-5-13(3)11-17/h6-9,12-13H,4-5,10-11,18H2,1-3H3. The molecule has 0 spiro atoms. The summed E-state index contributed by atoms with van der Waals surface area (Å²) in [6.45, 7) is 6.50. The number of ketones is 1. The van der Waals surface area contributed by atoms with Gasteiger partial charge in [-0.3, -0.25) is 4.79 Å². The Balaban J connectivity index is 2.18. The molecule has 1 saturated carbocycles. The van der Waals surface area contributed by atoms with Crippen molar-refractivity contribution in [1.82, 2.24) is 0 Å². The first kappa shape index (κ1) is 14.3. The average molecular weight is 259 g/mol. The Hall–Kier alpha value is -1.15. The summed E-state index contributed by atoms with van der Waals surface area (Å²) in [6.07, 6.45) is 3.89. The van der Waals surface area contributed by atoms with Gasteiger partial charge in [0.25, 0.3) is 0 Å². The highest BCUT2D eigenvalue weighted by Gasteiger charge is 2.38. The molecule has 1 aromatic rings. The second-order valence-corrected chi connectivity index (χ2v) is 6.46. The zero-order valence-electron chi connectivity index (χ0n) is 12.3. The predicted octanol–water partition coefficient (Wildman–Crippen LogP) is 3.90. The molecule has 0 aliphatic heterocycles. The SMILES string of the molecule is CC1CCCC(N)(C(=O)c2ccc(C(C)C)cc2)C1. The van der Waals surface area contributed by atoms with Crippen molar-refractivity contribution < 1.29 is 4.79 Å². The van der Waals surface area contributed by atoms with E-state index in [4.69, 9.17) is 5.73 Å². The fourth-order valence-electron chi connectivity index (χ4n) is 3.10. The number of hydrogen-bond donors (Lipinski definition) is 1. The Bertz CT molecular complexity index is 449. The van der Waals surface area contributed by atoms with Gasteiger partial charge in [0.2, 0.25) is 0 Å². The van der Waals surface area contributed by atoms with Crippen LogP contribution in [0.4, 0.5) is 0 Å². The summed E-state index contributed by atoms with van der Waals surface area (Å²) in [4.78, 5) is 12.6. The molecule has 2 N–H and O–H groups in total. The van der Waals surface area contributed by atoms with Gasteiger partial charge in [-0.1, -0.05) is 57.9 Å². The Kier molecular flexibility index (Phi) is 4.10. The highest BCUT2D eigenvalue weighted by molar-refractivity contribution is 6.03. The van der Waals surface area contributed by atoms with Crippen molar-refractivity contribution in [3.05, 3.63) is 35.4 Å².